The molecule has 0 aliphatic carbocycles. The summed E-state index contributed by atoms with van der Waals surface area (Å²) in [7, 11) is 0. The number of rotatable bonds is 3. The minimum Gasteiger partial charge on any atom is -0.349 e. The Labute approximate surface area is 86.4 Å². The van der Waals surface area contributed by atoms with Crippen molar-refractivity contribution in [2.24, 2.45) is 5.84 Å². The number of imidazole rings is 1. The highest BCUT2D eigenvalue weighted by molar-refractivity contribution is 6.04. The maximum absolute atomic E-state index is 11.6. The molecule has 82 valence electrons. The fourth-order valence-corrected chi connectivity index (χ4v) is 1.04. The van der Waals surface area contributed by atoms with Crippen molar-refractivity contribution in [1.82, 2.24) is 20.7 Å². The van der Waals surface area contributed by atoms with Crippen LogP contribution in [0.4, 0.5) is 0 Å². The van der Waals surface area contributed by atoms with E-state index in [-0.39, 0.29) is 23.3 Å². The molecular weight excluding hydrogens is 198 g/mol. The lowest BCUT2D eigenvalue weighted by molar-refractivity contribution is 0.0908. The molecule has 7 heteroatoms. The zero-order chi connectivity index (χ0) is 11.4. The third-order valence-corrected chi connectivity index (χ3v) is 1.63. The molecule has 0 atom stereocenters. The number of nitrogens with two attached hydrogens (primary N) is 1. The first-order chi connectivity index (χ1) is 7.06. The highest BCUT2D eigenvalue weighted by Crippen LogP contribution is 2.02. The van der Waals surface area contributed by atoms with Crippen LogP contribution in [0.2, 0.25) is 0 Å². The lowest BCUT2D eigenvalue weighted by Crippen LogP contribution is -2.35. The minimum absolute atomic E-state index is 0.0179. The fourth-order valence-electron chi connectivity index (χ4n) is 1.04. The van der Waals surface area contributed by atoms with Gasteiger partial charge in [0.15, 0.2) is 5.69 Å². The van der Waals surface area contributed by atoms with E-state index in [1.807, 2.05) is 19.3 Å². The standard InChI is InChI=1S/C8H13N5O2/c1-4(2)12-7(14)5-6(8(15)13-9)11-3-10-5/h3-4H,9H2,1-2H3,(H,10,11)(H,12,14)(H,13,15). The monoisotopic (exact) mass is 211 g/mol. The Hall–Kier alpha value is -1.89. The van der Waals surface area contributed by atoms with Crippen molar-refractivity contribution in [3.05, 3.63) is 17.7 Å². The van der Waals surface area contributed by atoms with Gasteiger partial charge in [-0.05, 0) is 13.8 Å². The maximum Gasteiger partial charge on any atom is 0.286 e. The molecule has 0 saturated carbocycles. The van der Waals surface area contributed by atoms with E-state index in [0.29, 0.717) is 0 Å². The topological polar surface area (TPSA) is 113 Å². The molecule has 0 saturated heterocycles. The van der Waals surface area contributed by atoms with E-state index in [0.717, 1.165) is 0 Å². The van der Waals surface area contributed by atoms with Gasteiger partial charge in [-0.25, -0.2) is 10.8 Å². The predicted molar refractivity (Wildman–Crippen MR) is 52.8 cm³/mol. The number of hydrogen-bond acceptors (Lipinski definition) is 4. The third-order valence-electron chi connectivity index (χ3n) is 1.63. The first-order valence-electron chi connectivity index (χ1n) is 4.41. The van der Waals surface area contributed by atoms with Gasteiger partial charge in [0.2, 0.25) is 0 Å². The quantitative estimate of drug-likeness (QED) is 0.296. The van der Waals surface area contributed by atoms with Gasteiger partial charge in [0.1, 0.15) is 5.69 Å². The van der Waals surface area contributed by atoms with E-state index in [1.165, 1.54) is 6.33 Å². The molecule has 5 N–H and O–H groups in total. The van der Waals surface area contributed by atoms with Crippen LogP contribution in [-0.4, -0.2) is 27.8 Å². The molecule has 1 aromatic rings. The molecule has 1 aromatic heterocycles. The summed E-state index contributed by atoms with van der Waals surface area (Å²) in [6, 6.07) is -0.0189. The van der Waals surface area contributed by atoms with Crippen LogP contribution in [0.5, 0.6) is 0 Å². The number of amides is 2. The number of hydrogen-bond donors (Lipinski definition) is 4. The highest BCUT2D eigenvalue weighted by atomic mass is 16.2. The summed E-state index contributed by atoms with van der Waals surface area (Å²) in [5.41, 5.74) is 2.00. The summed E-state index contributed by atoms with van der Waals surface area (Å²) in [6.45, 7) is 3.63. The summed E-state index contributed by atoms with van der Waals surface area (Å²) in [4.78, 5) is 29.0. The number of nitrogens with zero attached hydrogens (tertiary/aromatic N) is 1. The van der Waals surface area contributed by atoms with Crippen LogP contribution in [0.1, 0.15) is 34.8 Å². The first kappa shape index (κ1) is 11.2. The SMILES string of the molecule is CC(C)NC(=O)c1[nH]cnc1C(=O)NN. The molecule has 0 spiro atoms. The summed E-state index contributed by atoms with van der Waals surface area (Å²) < 4.78 is 0. The number of carbonyl (C=O) groups excluding carboxylic acids is 2. The molecule has 2 amide bonds. The molecule has 1 rings (SSSR count). The first-order valence-corrected chi connectivity index (χ1v) is 4.41. The van der Waals surface area contributed by atoms with Crippen molar-refractivity contribution in [3.63, 3.8) is 0 Å². The van der Waals surface area contributed by atoms with Crippen LogP contribution in [-0.2, 0) is 0 Å². The van der Waals surface area contributed by atoms with Crippen molar-refractivity contribution >= 4 is 11.8 Å². The molecular formula is C8H13N5O2. The summed E-state index contributed by atoms with van der Waals surface area (Å²) >= 11 is 0. The molecule has 0 fully saturated rings. The molecule has 0 aliphatic heterocycles. The zero-order valence-corrected chi connectivity index (χ0v) is 8.50. The maximum atomic E-state index is 11.6. The van der Waals surface area contributed by atoms with E-state index >= 15 is 0 Å². The number of aromatic amines is 1. The Morgan fingerprint density at radius 3 is 2.67 bits per heavy atom. The predicted octanol–water partition coefficient (Wildman–Crippen LogP) is -0.849. The van der Waals surface area contributed by atoms with Gasteiger partial charge < -0.3 is 10.3 Å². The van der Waals surface area contributed by atoms with E-state index in [4.69, 9.17) is 5.84 Å². The second kappa shape index (κ2) is 4.56. The normalized spacial score (nSPS) is 10.1. The zero-order valence-electron chi connectivity index (χ0n) is 8.50. The van der Waals surface area contributed by atoms with E-state index in [2.05, 4.69) is 15.3 Å². The Morgan fingerprint density at radius 2 is 2.13 bits per heavy atom. The number of H-pyrrole nitrogens is 1. The van der Waals surface area contributed by atoms with Crippen molar-refractivity contribution in [2.75, 3.05) is 0 Å². The molecule has 7 nitrogen and oxygen atoms in total. The van der Waals surface area contributed by atoms with Crippen LogP contribution in [0.3, 0.4) is 0 Å². The Balaban J connectivity index is 2.90. The molecule has 0 unspecified atom stereocenters. The van der Waals surface area contributed by atoms with E-state index in [9.17, 15) is 9.59 Å². The summed E-state index contributed by atoms with van der Waals surface area (Å²) in [6.07, 6.45) is 1.26. The average molecular weight is 211 g/mol. The summed E-state index contributed by atoms with van der Waals surface area (Å²) in [5, 5.41) is 2.63. The van der Waals surface area contributed by atoms with Gasteiger partial charge in [0, 0.05) is 6.04 Å². The van der Waals surface area contributed by atoms with Crippen molar-refractivity contribution in [3.8, 4) is 0 Å². The van der Waals surface area contributed by atoms with Gasteiger partial charge in [-0.3, -0.25) is 15.0 Å². The van der Waals surface area contributed by atoms with E-state index < -0.39 is 5.91 Å². The van der Waals surface area contributed by atoms with Gasteiger partial charge in [0.25, 0.3) is 11.8 Å². The Morgan fingerprint density at radius 1 is 1.47 bits per heavy atom. The van der Waals surface area contributed by atoms with Crippen LogP contribution in [0.25, 0.3) is 0 Å². The number of carbonyl (C=O) groups is 2. The van der Waals surface area contributed by atoms with Crippen molar-refractivity contribution in [2.45, 2.75) is 19.9 Å². The van der Waals surface area contributed by atoms with Gasteiger partial charge in [-0.15, -0.1) is 0 Å². The smallest absolute Gasteiger partial charge is 0.286 e. The van der Waals surface area contributed by atoms with Gasteiger partial charge in [0.05, 0.1) is 6.33 Å². The van der Waals surface area contributed by atoms with Crippen LogP contribution in [0, 0.1) is 0 Å². The average Bonchev–Trinajstić information content (AvgIpc) is 2.63. The number of nitrogens with one attached hydrogen (secondary N) is 3. The van der Waals surface area contributed by atoms with Crippen molar-refractivity contribution in [1.29, 1.82) is 0 Å². The van der Waals surface area contributed by atoms with Gasteiger partial charge in [-0.2, -0.15) is 0 Å². The second-order valence-corrected chi connectivity index (χ2v) is 3.23. The fraction of sp³-hybridized carbons (Fsp3) is 0.375. The lowest BCUT2D eigenvalue weighted by Gasteiger charge is -2.07. The largest absolute Gasteiger partial charge is 0.349 e. The molecule has 0 radical (unpaired) electrons. The Kier molecular flexibility index (Phi) is 3.40. The molecule has 0 bridgehead atoms. The molecule has 15 heavy (non-hydrogen) atoms. The van der Waals surface area contributed by atoms with Crippen LogP contribution in [0.15, 0.2) is 6.33 Å². The van der Waals surface area contributed by atoms with Gasteiger partial charge in [-0.1, -0.05) is 0 Å². The van der Waals surface area contributed by atoms with Crippen LogP contribution < -0.4 is 16.6 Å². The van der Waals surface area contributed by atoms with Crippen molar-refractivity contribution < 1.29 is 9.59 Å². The van der Waals surface area contributed by atoms with Gasteiger partial charge >= 0.3 is 0 Å². The van der Waals surface area contributed by atoms with E-state index in [1.54, 1.807) is 0 Å². The highest BCUT2D eigenvalue weighted by Gasteiger charge is 2.19. The number of hydrazine groups is 1. The lowest BCUT2D eigenvalue weighted by atomic mass is 10.2. The van der Waals surface area contributed by atoms with Crippen LogP contribution >= 0.6 is 0 Å². The Bertz CT molecular complexity index is 371. The molecule has 0 aromatic carbocycles. The third kappa shape index (κ3) is 2.53. The second-order valence-electron chi connectivity index (χ2n) is 3.23. The number of nitrogen functional groups attached to an aromatic ring is 1. The summed E-state index contributed by atoms with van der Waals surface area (Å²) in [5.74, 6) is 3.95. The minimum atomic E-state index is -0.606. The molecule has 1 heterocycles. The number of aromatic nitrogens is 2. The molecule has 0 aliphatic rings.